The first-order valence-corrected chi connectivity index (χ1v) is 9.42. The number of ether oxygens (including phenoxy) is 1. The first-order valence-electron chi connectivity index (χ1n) is 9.42. The molecule has 1 amide bonds. The summed E-state index contributed by atoms with van der Waals surface area (Å²) in [5.41, 5.74) is 0.113. The van der Waals surface area contributed by atoms with Gasteiger partial charge in [0.15, 0.2) is 0 Å². The molecule has 0 unspecified atom stereocenters. The smallest absolute Gasteiger partial charge is 0.410 e. The van der Waals surface area contributed by atoms with E-state index in [2.05, 4.69) is 13.5 Å². The van der Waals surface area contributed by atoms with Crippen LogP contribution in [0.15, 0.2) is 36.9 Å². The normalized spacial score (nSPS) is 26.2. The molecule has 0 bridgehead atoms. The number of amides is 1. The van der Waals surface area contributed by atoms with Gasteiger partial charge in [-0.2, -0.15) is 0 Å². The van der Waals surface area contributed by atoms with E-state index >= 15 is 0 Å². The molecule has 2 fully saturated rings. The fourth-order valence-corrected chi connectivity index (χ4v) is 4.36. The van der Waals surface area contributed by atoms with E-state index in [4.69, 9.17) is 4.74 Å². The molecule has 1 aliphatic heterocycles. The number of cyclic esters (lactones) is 1. The van der Waals surface area contributed by atoms with Gasteiger partial charge in [-0.15, -0.1) is 6.58 Å². The van der Waals surface area contributed by atoms with Crippen LogP contribution in [0.3, 0.4) is 0 Å². The zero-order valence-corrected chi connectivity index (χ0v) is 15.0. The molecule has 1 aliphatic carbocycles. The molecule has 25 heavy (non-hydrogen) atoms. The van der Waals surface area contributed by atoms with E-state index in [0.717, 1.165) is 5.56 Å². The number of benzene rings is 1. The molecule has 1 saturated carbocycles. The van der Waals surface area contributed by atoms with Gasteiger partial charge in [-0.25, -0.2) is 9.18 Å². The summed E-state index contributed by atoms with van der Waals surface area (Å²) in [5, 5.41) is 0. The number of hydrogen-bond acceptors (Lipinski definition) is 2. The summed E-state index contributed by atoms with van der Waals surface area (Å²) in [6, 6.07) is 6.48. The average Bonchev–Trinajstić information content (AvgIpc) is 2.63. The summed E-state index contributed by atoms with van der Waals surface area (Å²) in [5.74, 6) is 0.284. The summed E-state index contributed by atoms with van der Waals surface area (Å²) in [7, 11) is 0. The fourth-order valence-electron chi connectivity index (χ4n) is 4.36. The van der Waals surface area contributed by atoms with Crippen molar-refractivity contribution in [1.29, 1.82) is 0 Å². The highest BCUT2D eigenvalue weighted by Gasteiger charge is 2.43. The molecule has 4 heteroatoms. The molecule has 2 aliphatic rings. The van der Waals surface area contributed by atoms with E-state index in [-0.39, 0.29) is 18.0 Å². The Bertz CT molecular complexity index is 609. The maximum absolute atomic E-state index is 13.3. The molecule has 136 valence electrons. The minimum absolute atomic E-state index is 0.211. The van der Waals surface area contributed by atoms with Gasteiger partial charge in [0.05, 0.1) is 0 Å². The van der Waals surface area contributed by atoms with Crippen LogP contribution in [-0.4, -0.2) is 23.6 Å². The fraction of sp³-hybridized carbons (Fsp3) is 0.571. The predicted octanol–water partition coefficient (Wildman–Crippen LogP) is 5.41. The number of rotatable bonds is 5. The third-order valence-corrected chi connectivity index (χ3v) is 5.94. The minimum atomic E-state index is -0.727. The standard InChI is InChI=1S/C21H28FNO2/c1-3-13-21(18-9-11-19(22)12-10-18)14-15-23(20(24)25-21)16(2)17-7-5-4-6-8-17/h3,9-12,16-17H,1,4-8,13-15H2,2H3/t16-,21+/m0/s1. The molecule has 0 aromatic heterocycles. The summed E-state index contributed by atoms with van der Waals surface area (Å²) >= 11 is 0. The first-order chi connectivity index (χ1) is 12.1. The van der Waals surface area contributed by atoms with Crippen molar-refractivity contribution in [2.75, 3.05) is 6.54 Å². The summed E-state index contributed by atoms with van der Waals surface area (Å²) in [4.78, 5) is 14.7. The van der Waals surface area contributed by atoms with Crippen molar-refractivity contribution < 1.29 is 13.9 Å². The molecule has 0 spiro atoms. The second-order valence-electron chi connectivity index (χ2n) is 7.44. The van der Waals surface area contributed by atoms with Gasteiger partial charge < -0.3 is 9.64 Å². The second kappa shape index (κ2) is 7.59. The lowest BCUT2D eigenvalue weighted by atomic mass is 9.82. The van der Waals surface area contributed by atoms with E-state index in [1.807, 2.05) is 4.90 Å². The number of carbonyl (C=O) groups is 1. The maximum Gasteiger partial charge on any atom is 0.410 e. The van der Waals surface area contributed by atoms with Crippen molar-refractivity contribution in [2.24, 2.45) is 5.92 Å². The Balaban J connectivity index is 1.76. The van der Waals surface area contributed by atoms with Gasteiger partial charge in [-0.05, 0) is 43.4 Å². The minimum Gasteiger partial charge on any atom is -0.437 e. The van der Waals surface area contributed by atoms with Gasteiger partial charge in [-0.1, -0.05) is 37.5 Å². The lowest BCUT2D eigenvalue weighted by molar-refractivity contribution is -0.0646. The Morgan fingerprint density at radius 3 is 2.60 bits per heavy atom. The van der Waals surface area contributed by atoms with E-state index in [1.54, 1.807) is 18.2 Å². The van der Waals surface area contributed by atoms with Crippen molar-refractivity contribution in [2.45, 2.75) is 63.5 Å². The number of halogens is 1. The summed E-state index contributed by atoms with van der Waals surface area (Å²) < 4.78 is 19.2. The summed E-state index contributed by atoms with van der Waals surface area (Å²) in [6.45, 7) is 6.63. The summed E-state index contributed by atoms with van der Waals surface area (Å²) in [6.07, 6.45) is 8.97. The van der Waals surface area contributed by atoms with E-state index < -0.39 is 5.60 Å². The Labute approximate surface area is 149 Å². The van der Waals surface area contributed by atoms with Crippen molar-refractivity contribution in [3.8, 4) is 0 Å². The topological polar surface area (TPSA) is 29.5 Å². The molecule has 1 aromatic carbocycles. The molecule has 0 radical (unpaired) electrons. The van der Waals surface area contributed by atoms with E-state index in [1.165, 1.54) is 44.2 Å². The van der Waals surface area contributed by atoms with Gasteiger partial charge in [0.1, 0.15) is 11.4 Å². The van der Waals surface area contributed by atoms with Crippen LogP contribution in [0.1, 0.15) is 57.4 Å². The van der Waals surface area contributed by atoms with Crippen molar-refractivity contribution in [1.82, 2.24) is 4.90 Å². The quantitative estimate of drug-likeness (QED) is 0.668. The Hall–Kier alpha value is -1.84. The van der Waals surface area contributed by atoms with Crippen LogP contribution in [0.25, 0.3) is 0 Å². The van der Waals surface area contributed by atoms with Gasteiger partial charge in [0.25, 0.3) is 0 Å². The van der Waals surface area contributed by atoms with Crippen LogP contribution in [0.2, 0.25) is 0 Å². The van der Waals surface area contributed by atoms with Crippen LogP contribution >= 0.6 is 0 Å². The molecule has 1 heterocycles. The Morgan fingerprint density at radius 1 is 1.32 bits per heavy atom. The third-order valence-electron chi connectivity index (χ3n) is 5.94. The van der Waals surface area contributed by atoms with E-state index in [9.17, 15) is 9.18 Å². The van der Waals surface area contributed by atoms with Gasteiger partial charge in [-0.3, -0.25) is 0 Å². The highest BCUT2D eigenvalue weighted by atomic mass is 19.1. The number of hydrogen-bond donors (Lipinski definition) is 0. The Kier molecular flexibility index (Phi) is 5.45. The molecule has 3 nitrogen and oxygen atoms in total. The zero-order valence-electron chi connectivity index (χ0n) is 15.0. The van der Waals surface area contributed by atoms with Crippen molar-refractivity contribution in [3.63, 3.8) is 0 Å². The third kappa shape index (κ3) is 3.73. The first kappa shape index (κ1) is 18.0. The van der Waals surface area contributed by atoms with Gasteiger partial charge in [0, 0.05) is 25.4 Å². The average molecular weight is 345 g/mol. The largest absolute Gasteiger partial charge is 0.437 e. The van der Waals surface area contributed by atoms with Crippen LogP contribution in [0.5, 0.6) is 0 Å². The lowest BCUT2D eigenvalue weighted by Gasteiger charge is -2.45. The lowest BCUT2D eigenvalue weighted by Crippen LogP contribution is -2.52. The van der Waals surface area contributed by atoms with Gasteiger partial charge >= 0.3 is 6.09 Å². The van der Waals surface area contributed by atoms with E-state index in [0.29, 0.717) is 25.3 Å². The van der Waals surface area contributed by atoms with Crippen molar-refractivity contribution in [3.05, 3.63) is 48.3 Å². The molecule has 1 aromatic rings. The number of carbonyl (C=O) groups excluding carboxylic acids is 1. The molecule has 2 atom stereocenters. The Morgan fingerprint density at radius 2 is 2.00 bits per heavy atom. The van der Waals surface area contributed by atoms with Crippen LogP contribution < -0.4 is 0 Å². The molecular formula is C21H28FNO2. The monoisotopic (exact) mass is 345 g/mol. The second-order valence-corrected chi connectivity index (χ2v) is 7.44. The maximum atomic E-state index is 13.3. The van der Waals surface area contributed by atoms with Crippen LogP contribution in [0, 0.1) is 11.7 Å². The molecule has 1 saturated heterocycles. The zero-order chi connectivity index (χ0) is 17.9. The van der Waals surface area contributed by atoms with Crippen LogP contribution in [0.4, 0.5) is 9.18 Å². The van der Waals surface area contributed by atoms with Gasteiger partial charge in [0.2, 0.25) is 0 Å². The number of nitrogens with zero attached hydrogens (tertiary/aromatic N) is 1. The van der Waals surface area contributed by atoms with Crippen molar-refractivity contribution >= 4 is 6.09 Å². The molecule has 3 rings (SSSR count). The molecular weight excluding hydrogens is 317 g/mol. The molecule has 0 N–H and O–H groups in total. The SMILES string of the molecule is C=CC[C@]1(c2ccc(F)cc2)CCN([C@@H](C)C2CCCCC2)C(=O)O1. The van der Waals surface area contributed by atoms with Crippen LogP contribution in [-0.2, 0) is 10.3 Å². The highest BCUT2D eigenvalue weighted by Crippen LogP contribution is 2.39. The predicted molar refractivity (Wildman–Crippen MR) is 96.7 cm³/mol. The highest BCUT2D eigenvalue weighted by molar-refractivity contribution is 5.70.